The molecule has 0 aliphatic heterocycles. The van der Waals surface area contributed by atoms with Crippen LogP contribution in [0.5, 0.6) is 0 Å². The van der Waals surface area contributed by atoms with E-state index in [2.05, 4.69) is 19.9 Å². The molecule has 2 N–H and O–H groups in total. The monoisotopic (exact) mass is 243 g/mol. The lowest BCUT2D eigenvalue weighted by Crippen LogP contribution is -2.05. The van der Waals surface area contributed by atoms with Gasteiger partial charge in [0.2, 0.25) is 0 Å². The highest BCUT2D eigenvalue weighted by molar-refractivity contribution is 5.81. The lowest BCUT2D eigenvalue weighted by Gasteiger charge is -2.04. The fraction of sp³-hybridized carbons (Fsp3) is 0.273. The van der Waals surface area contributed by atoms with Gasteiger partial charge in [0.25, 0.3) is 0 Å². The normalized spacial score (nSPS) is 11.2. The zero-order chi connectivity index (χ0) is 12.5. The van der Waals surface area contributed by atoms with Gasteiger partial charge in [-0.05, 0) is 0 Å². The van der Waals surface area contributed by atoms with Gasteiger partial charge in [-0.15, -0.1) is 0 Å². The van der Waals surface area contributed by atoms with Crippen LogP contribution in [0.2, 0.25) is 0 Å². The van der Waals surface area contributed by atoms with Gasteiger partial charge in [0, 0.05) is 32.4 Å². The standard InChI is InChI=1S/C11H13N7/c1-17-5-3-13-8(17)2-4-18-7-16-9-10(12)14-6-15-11(9)18/h3,5-7H,2,4H2,1H3,(H2,12,14,15). The van der Waals surface area contributed by atoms with Gasteiger partial charge in [0.1, 0.15) is 17.7 Å². The number of imidazole rings is 2. The van der Waals surface area contributed by atoms with E-state index >= 15 is 0 Å². The molecule has 0 amide bonds. The van der Waals surface area contributed by atoms with Crippen molar-refractivity contribution in [3.05, 3.63) is 30.9 Å². The van der Waals surface area contributed by atoms with Gasteiger partial charge < -0.3 is 14.9 Å². The smallest absolute Gasteiger partial charge is 0.165 e. The topological polar surface area (TPSA) is 87.4 Å². The Hall–Kier alpha value is -2.44. The minimum atomic E-state index is 0.413. The van der Waals surface area contributed by atoms with E-state index < -0.39 is 0 Å². The average Bonchev–Trinajstić information content (AvgIpc) is 2.94. The summed E-state index contributed by atoms with van der Waals surface area (Å²) in [4.78, 5) is 16.6. The number of fused-ring (bicyclic) bond motifs is 1. The van der Waals surface area contributed by atoms with Crippen molar-refractivity contribution in [1.82, 2.24) is 29.1 Å². The third-order valence-electron chi connectivity index (χ3n) is 2.93. The van der Waals surface area contributed by atoms with Crippen LogP contribution >= 0.6 is 0 Å². The minimum Gasteiger partial charge on any atom is -0.382 e. The quantitative estimate of drug-likeness (QED) is 0.718. The number of aryl methyl sites for hydroxylation is 3. The second kappa shape index (κ2) is 4.10. The summed E-state index contributed by atoms with van der Waals surface area (Å²) in [6, 6.07) is 0. The summed E-state index contributed by atoms with van der Waals surface area (Å²) in [6.07, 6.45) is 7.73. The Bertz CT molecular complexity index is 682. The van der Waals surface area contributed by atoms with E-state index in [1.54, 1.807) is 12.5 Å². The second-order valence-corrected chi connectivity index (χ2v) is 4.07. The minimum absolute atomic E-state index is 0.413. The molecular weight excluding hydrogens is 230 g/mol. The SMILES string of the molecule is Cn1ccnc1CCn1cnc2c(N)ncnc21. The number of anilines is 1. The molecule has 18 heavy (non-hydrogen) atoms. The number of hydrogen-bond donors (Lipinski definition) is 1. The van der Waals surface area contributed by atoms with Crippen LogP contribution in [0.25, 0.3) is 11.2 Å². The molecule has 3 aromatic heterocycles. The first-order valence-electron chi connectivity index (χ1n) is 5.63. The van der Waals surface area contributed by atoms with Crippen molar-refractivity contribution in [3.8, 4) is 0 Å². The van der Waals surface area contributed by atoms with Crippen LogP contribution in [0.3, 0.4) is 0 Å². The van der Waals surface area contributed by atoms with Gasteiger partial charge in [-0.3, -0.25) is 0 Å². The van der Waals surface area contributed by atoms with Gasteiger partial charge >= 0.3 is 0 Å². The summed E-state index contributed by atoms with van der Waals surface area (Å²) in [5, 5.41) is 0. The number of hydrogen-bond acceptors (Lipinski definition) is 5. The van der Waals surface area contributed by atoms with Gasteiger partial charge in [-0.2, -0.15) is 0 Å². The summed E-state index contributed by atoms with van der Waals surface area (Å²) in [5.74, 6) is 1.44. The predicted molar refractivity (Wildman–Crippen MR) is 66.6 cm³/mol. The average molecular weight is 243 g/mol. The van der Waals surface area contributed by atoms with Gasteiger partial charge in [0.15, 0.2) is 11.5 Å². The number of nitrogens with zero attached hydrogens (tertiary/aromatic N) is 6. The molecule has 3 rings (SSSR count). The molecule has 7 heteroatoms. The fourth-order valence-electron chi connectivity index (χ4n) is 1.92. The van der Waals surface area contributed by atoms with Crippen molar-refractivity contribution in [2.75, 3.05) is 5.73 Å². The van der Waals surface area contributed by atoms with Crippen LogP contribution in [0.15, 0.2) is 25.0 Å². The van der Waals surface area contributed by atoms with Gasteiger partial charge in [0.05, 0.1) is 6.33 Å². The van der Waals surface area contributed by atoms with Crippen LogP contribution in [-0.2, 0) is 20.0 Å². The van der Waals surface area contributed by atoms with Crippen molar-refractivity contribution < 1.29 is 0 Å². The van der Waals surface area contributed by atoms with Crippen molar-refractivity contribution in [2.24, 2.45) is 7.05 Å². The summed E-state index contributed by atoms with van der Waals surface area (Å²) in [5.41, 5.74) is 7.15. The third kappa shape index (κ3) is 1.69. The highest BCUT2D eigenvalue weighted by atomic mass is 15.1. The first-order valence-corrected chi connectivity index (χ1v) is 5.63. The Kier molecular flexibility index (Phi) is 2.44. The van der Waals surface area contributed by atoms with Crippen LogP contribution in [0.4, 0.5) is 5.82 Å². The second-order valence-electron chi connectivity index (χ2n) is 4.07. The molecule has 0 spiro atoms. The Morgan fingerprint density at radius 3 is 2.89 bits per heavy atom. The largest absolute Gasteiger partial charge is 0.382 e. The molecule has 0 aliphatic carbocycles. The number of rotatable bonds is 3. The highest BCUT2D eigenvalue weighted by Gasteiger charge is 2.08. The summed E-state index contributed by atoms with van der Waals surface area (Å²) in [7, 11) is 1.98. The molecule has 3 aromatic rings. The van der Waals surface area contributed by atoms with Crippen molar-refractivity contribution in [2.45, 2.75) is 13.0 Å². The molecule has 0 fully saturated rings. The molecule has 0 aromatic carbocycles. The van der Waals surface area contributed by atoms with Crippen LogP contribution < -0.4 is 5.73 Å². The summed E-state index contributed by atoms with van der Waals surface area (Å²) in [6.45, 7) is 0.762. The third-order valence-corrected chi connectivity index (χ3v) is 2.93. The summed E-state index contributed by atoms with van der Waals surface area (Å²) < 4.78 is 3.96. The maximum absolute atomic E-state index is 5.74. The van der Waals surface area contributed by atoms with E-state index in [1.807, 2.05) is 22.4 Å². The van der Waals surface area contributed by atoms with Crippen LogP contribution in [0, 0.1) is 0 Å². The zero-order valence-electron chi connectivity index (χ0n) is 9.98. The molecular formula is C11H13N7. The van der Waals surface area contributed by atoms with E-state index in [-0.39, 0.29) is 0 Å². The molecule has 0 atom stereocenters. The van der Waals surface area contributed by atoms with Crippen molar-refractivity contribution in [3.63, 3.8) is 0 Å². The lowest BCUT2D eigenvalue weighted by atomic mass is 10.4. The molecule has 7 nitrogen and oxygen atoms in total. The zero-order valence-corrected chi connectivity index (χ0v) is 9.98. The van der Waals surface area contributed by atoms with E-state index in [9.17, 15) is 0 Å². The first-order chi connectivity index (χ1) is 8.75. The predicted octanol–water partition coefficient (Wildman–Crippen LogP) is 0.385. The fourth-order valence-corrected chi connectivity index (χ4v) is 1.92. The van der Waals surface area contributed by atoms with E-state index in [4.69, 9.17) is 5.73 Å². The van der Waals surface area contributed by atoms with E-state index in [1.165, 1.54) is 6.33 Å². The Labute approximate surface area is 103 Å². The molecule has 0 aliphatic rings. The van der Waals surface area contributed by atoms with Crippen molar-refractivity contribution in [1.29, 1.82) is 0 Å². The molecule has 3 heterocycles. The van der Waals surface area contributed by atoms with E-state index in [0.29, 0.717) is 11.3 Å². The van der Waals surface area contributed by atoms with Crippen molar-refractivity contribution >= 4 is 17.0 Å². The number of nitrogen functional groups attached to an aromatic ring is 1. The Balaban J connectivity index is 1.87. The van der Waals surface area contributed by atoms with E-state index in [0.717, 1.165) is 24.4 Å². The molecule has 0 saturated heterocycles. The van der Waals surface area contributed by atoms with Crippen LogP contribution in [-0.4, -0.2) is 29.1 Å². The first kappa shape index (κ1) is 10.7. The molecule has 0 radical (unpaired) electrons. The number of nitrogens with two attached hydrogens (primary N) is 1. The van der Waals surface area contributed by atoms with Crippen LogP contribution in [0.1, 0.15) is 5.82 Å². The molecule has 0 saturated carbocycles. The van der Waals surface area contributed by atoms with Gasteiger partial charge in [-0.25, -0.2) is 19.9 Å². The Morgan fingerprint density at radius 2 is 2.11 bits per heavy atom. The maximum Gasteiger partial charge on any atom is 0.165 e. The summed E-state index contributed by atoms with van der Waals surface area (Å²) >= 11 is 0. The number of aromatic nitrogens is 6. The Morgan fingerprint density at radius 1 is 1.22 bits per heavy atom. The maximum atomic E-state index is 5.74. The molecule has 0 unspecified atom stereocenters. The molecule has 0 bridgehead atoms. The lowest BCUT2D eigenvalue weighted by molar-refractivity contribution is 0.659. The highest BCUT2D eigenvalue weighted by Crippen LogP contribution is 2.14. The molecule has 92 valence electrons. The van der Waals surface area contributed by atoms with Gasteiger partial charge in [-0.1, -0.05) is 0 Å².